The highest BCUT2D eigenvalue weighted by atomic mass is 16.5. The maximum absolute atomic E-state index is 13.6. The number of nitrogens with one attached hydrogen (secondary N) is 1. The lowest BCUT2D eigenvalue weighted by Crippen LogP contribution is -2.62. The van der Waals surface area contributed by atoms with Crippen LogP contribution in [0.25, 0.3) is 11.0 Å². The van der Waals surface area contributed by atoms with Crippen molar-refractivity contribution in [3.63, 3.8) is 0 Å². The molecule has 1 unspecified atom stereocenters. The van der Waals surface area contributed by atoms with Crippen molar-refractivity contribution in [1.29, 1.82) is 0 Å². The van der Waals surface area contributed by atoms with Crippen LogP contribution in [-0.2, 0) is 20.9 Å². The number of methoxy groups -OCH3 is 1. The minimum absolute atomic E-state index is 0.0632. The maximum atomic E-state index is 13.6. The van der Waals surface area contributed by atoms with Gasteiger partial charge in [0.15, 0.2) is 11.3 Å². The van der Waals surface area contributed by atoms with Crippen molar-refractivity contribution < 1.29 is 33.0 Å². The van der Waals surface area contributed by atoms with Crippen LogP contribution < -0.4 is 14.8 Å². The third-order valence-corrected chi connectivity index (χ3v) is 5.80. The molecule has 0 radical (unpaired) electrons. The van der Waals surface area contributed by atoms with Crippen LogP contribution >= 0.6 is 0 Å². The van der Waals surface area contributed by atoms with Crippen molar-refractivity contribution in [3.8, 4) is 11.5 Å². The highest BCUT2D eigenvalue weighted by Gasteiger charge is 2.48. The summed E-state index contributed by atoms with van der Waals surface area (Å²) in [5.74, 6) is -0.964. The Morgan fingerprint density at radius 3 is 2.65 bits per heavy atom. The lowest BCUT2D eigenvalue weighted by Gasteiger charge is -2.36. The zero-order chi connectivity index (χ0) is 24.3. The van der Waals surface area contributed by atoms with E-state index in [9.17, 15) is 14.4 Å². The molecule has 2 amide bonds. The summed E-state index contributed by atoms with van der Waals surface area (Å²) < 4.78 is 22.2. The number of nitrogens with zero attached hydrogens (tertiary/aromatic N) is 1. The molecule has 34 heavy (non-hydrogen) atoms. The molecule has 0 aliphatic carbocycles. The molecular formula is C25H26N2O7. The van der Waals surface area contributed by atoms with Gasteiger partial charge in [0.1, 0.15) is 24.5 Å². The molecule has 1 aliphatic rings. The number of para-hydroxylation sites is 2. The second-order valence-corrected chi connectivity index (χ2v) is 8.01. The number of rotatable bonds is 7. The molecule has 9 nitrogen and oxygen atoms in total. The summed E-state index contributed by atoms with van der Waals surface area (Å²) in [5, 5.41) is 3.46. The molecule has 4 rings (SSSR count). The highest BCUT2D eigenvalue weighted by Crippen LogP contribution is 2.38. The van der Waals surface area contributed by atoms with Gasteiger partial charge in [-0.15, -0.1) is 0 Å². The van der Waals surface area contributed by atoms with Gasteiger partial charge in [-0.1, -0.05) is 30.3 Å². The van der Waals surface area contributed by atoms with Gasteiger partial charge in [-0.25, -0.2) is 0 Å². The molecule has 1 atom stereocenters. The van der Waals surface area contributed by atoms with Crippen molar-refractivity contribution >= 4 is 28.8 Å². The first-order valence-electron chi connectivity index (χ1n) is 10.9. The number of ether oxygens (including phenoxy) is 3. The molecule has 0 bridgehead atoms. The Morgan fingerprint density at radius 1 is 1.15 bits per heavy atom. The Kier molecular flexibility index (Phi) is 6.45. The number of furan rings is 1. The molecule has 0 spiro atoms. The molecule has 3 aromatic rings. The number of esters is 1. The average molecular weight is 466 g/mol. The number of carbonyl (C=O) groups excluding carboxylic acids is 3. The molecule has 2 heterocycles. The molecule has 0 saturated heterocycles. The lowest BCUT2D eigenvalue weighted by molar-refractivity contribution is -0.147. The summed E-state index contributed by atoms with van der Waals surface area (Å²) in [7, 11) is 1.55. The van der Waals surface area contributed by atoms with Crippen molar-refractivity contribution in [3.05, 3.63) is 59.9 Å². The Labute approximate surface area is 196 Å². The average Bonchev–Trinajstić information content (AvgIpc) is 3.18. The van der Waals surface area contributed by atoms with E-state index in [1.807, 2.05) is 18.2 Å². The van der Waals surface area contributed by atoms with Crippen LogP contribution in [0.2, 0.25) is 0 Å². The fraction of sp³-hybridized carbons (Fsp3) is 0.320. The maximum Gasteiger partial charge on any atom is 0.325 e. The second-order valence-electron chi connectivity index (χ2n) is 8.01. The SMILES string of the molecule is CCOC(=O)CN1C(=O)c2oc3ccccc3c2OCC1(C)C(=O)NCc1ccccc1OC. The Hall–Kier alpha value is -4.01. The monoisotopic (exact) mass is 466 g/mol. The minimum atomic E-state index is -1.52. The molecule has 0 saturated carbocycles. The molecule has 1 aliphatic heterocycles. The number of hydrogen-bond acceptors (Lipinski definition) is 7. The van der Waals surface area contributed by atoms with Crippen molar-refractivity contribution in [2.75, 3.05) is 26.9 Å². The van der Waals surface area contributed by atoms with E-state index in [1.54, 1.807) is 51.3 Å². The van der Waals surface area contributed by atoms with Gasteiger partial charge in [0.2, 0.25) is 11.7 Å². The number of carbonyl (C=O) groups is 3. The van der Waals surface area contributed by atoms with Gasteiger partial charge in [-0.2, -0.15) is 0 Å². The summed E-state index contributed by atoms with van der Waals surface area (Å²) in [5.41, 5.74) is -0.284. The quantitative estimate of drug-likeness (QED) is 0.534. The fourth-order valence-electron chi connectivity index (χ4n) is 3.93. The predicted molar refractivity (Wildman–Crippen MR) is 123 cm³/mol. The summed E-state index contributed by atoms with van der Waals surface area (Å²) in [4.78, 5) is 40.6. The van der Waals surface area contributed by atoms with Crippen molar-refractivity contribution in [2.24, 2.45) is 0 Å². The number of amides is 2. The number of benzene rings is 2. The summed E-state index contributed by atoms with van der Waals surface area (Å²) >= 11 is 0. The molecular weight excluding hydrogens is 440 g/mol. The van der Waals surface area contributed by atoms with Gasteiger partial charge < -0.3 is 28.8 Å². The van der Waals surface area contributed by atoms with E-state index in [1.165, 1.54) is 0 Å². The van der Waals surface area contributed by atoms with Gasteiger partial charge in [0.05, 0.1) is 19.1 Å². The predicted octanol–water partition coefficient (Wildman–Crippen LogP) is 2.91. The highest BCUT2D eigenvalue weighted by molar-refractivity contribution is 6.05. The standard InChI is InChI=1S/C25H26N2O7/c1-4-32-20(28)14-27-23(29)22-21(17-10-6-8-12-19(17)34-22)33-15-25(27,2)24(30)26-13-16-9-5-7-11-18(16)31-3/h5-12H,4,13-15H2,1-3H3,(H,26,30). The summed E-state index contributed by atoms with van der Waals surface area (Å²) in [6.07, 6.45) is 0. The van der Waals surface area contributed by atoms with Crippen molar-refractivity contribution in [2.45, 2.75) is 25.9 Å². The second kappa shape index (κ2) is 9.46. The molecule has 2 aromatic carbocycles. The molecule has 1 N–H and O–H groups in total. The van der Waals surface area contributed by atoms with Crippen LogP contribution in [0.5, 0.6) is 11.5 Å². The first-order valence-corrected chi connectivity index (χ1v) is 10.9. The van der Waals surface area contributed by atoms with E-state index in [0.717, 1.165) is 10.5 Å². The van der Waals surface area contributed by atoms with Gasteiger partial charge in [-0.05, 0) is 32.0 Å². The zero-order valence-electron chi connectivity index (χ0n) is 19.3. The number of fused-ring (bicyclic) bond motifs is 3. The van der Waals surface area contributed by atoms with Crippen LogP contribution in [-0.4, -0.2) is 55.1 Å². The molecule has 9 heteroatoms. The van der Waals surface area contributed by atoms with Gasteiger partial charge in [-0.3, -0.25) is 14.4 Å². The van der Waals surface area contributed by atoms with E-state index in [4.69, 9.17) is 18.6 Å². The topological polar surface area (TPSA) is 107 Å². The largest absolute Gasteiger partial charge is 0.496 e. The van der Waals surface area contributed by atoms with Crippen LogP contribution in [0.4, 0.5) is 0 Å². The summed E-state index contributed by atoms with van der Waals surface area (Å²) in [6.45, 7) is 2.89. The van der Waals surface area contributed by atoms with Crippen LogP contribution in [0.1, 0.15) is 30.0 Å². The molecule has 1 aromatic heterocycles. The Balaban J connectivity index is 1.67. The van der Waals surface area contributed by atoms with Crippen LogP contribution in [0.15, 0.2) is 52.9 Å². The van der Waals surface area contributed by atoms with E-state index in [-0.39, 0.29) is 31.3 Å². The van der Waals surface area contributed by atoms with E-state index >= 15 is 0 Å². The third-order valence-electron chi connectivity index (χ3n) is 5.80. The van der Waals surface area contributed by atoms with Crippen LogP contribution in [0.3, 0.4) is 0 Å². The first kappa shape index (κ1) is 23.2. The normalized spacial score (nSPS) is 17.5. The van der Waals surface area contributed by atoms with Gasteiger partial charge >= 0.3 is 5.97 Å². The van der Waals surface area contributed by atoms with Crippen LogP contribution in [0, 0.1) is 0 Å². The smallest absolute Gasteiger partial charge is 0.325 e. The number of hydrogen-bond donors (Lipinski definition) is 1. The third kappa shape index (κ3) is 4.16. The van der Waals surface area contributed by atoms with Crippen molar-refractivity contribution in [1.82, 2.24) is 10.2 Å². The lowest BCUT2D eigenvalue weighted by atomic mass is 9.99. The minimum Gasteiger partial charge on any atom is -0.496 e. The zero-order valence-corrected chi connectivity index (χ0v) is 19.3. The summed E-state index contributed by atoms with van der Waals surface area (Å²) in [6, 6.07) is 14.3. The fourth-order valence-corrected chi connectivity index (χ4v) is 3.93. The molecule has 178 valence electrons. The van der Waals surface area contributed by atoms with Gasteiger partial charge in [0.25, 0.3) is 5.91 Å². The first-order chi connectivity index (χ1) is 16.4. The van der Waals surface area contributed by atoms with E-state index in [2.05, 4.69) is 5.32 Å². The Morgan fingerprint density at radius 2 is 1.88 bits per heavy atom. The van der Waals surface area contributed by atoms with Gasteiger partial charge in [0, 0.05) is 12.1 Å². The Bertz CT molecular complexity index is 1230. The molecule has 0 fully saturated rings. The van der Waals surface area contributed by atoms with E-state index < -0.39 is 29.9 Å². The van der Waals surface area contributed by atoms with E-state index in [0.29, 0.717) is 16.7 Å².